The van der Waals surface area contributed by atoms with E-state index in [0.717, 1.165) is 16.7 Å². The number of aryl methyl sites for hydroxylation is 1. The lowest BCUT2D eigenvalue weighted by atomic mass is 9.92. The molecule has 2 fully saturated rings. The zero-order valence-electron chi connectivity index (χ0n) is 20.8. The number of nitrogens with one attached hydrogen (secondary N) is 2. The number of alkyl halides is 3. The Bertz CT molecular complexity index is 1400. The van der Waals surface area contributed by atoms with Gasteiger partial charge in [0.05, 0.1) is 28.9 Å². The van der Waals surface area contributed by atoms with E-state index in [4.69, 9.17) is 4.74 Å². The lowest BCUT2D eigenvalue weighted by Gasteiger charge is -2.37. The van der Waals surface area contributed by atoms with Crippen LogP contribution in [0.4, 0.5) is 29.3 Å². The van der Waals surface area contributed by atoms with E-state index in [2.05, 4.69) is 25.4 Å². The lowest BCUT2D eigenvalue weighted by molar-refractivity contribution is -0.138. The Hall–Kier alpha value is -3.81. The molecule has 0 bridgehead atoms. The van der Waals surface area contributed by atoms with Crippen LogP contribution in [0.25, 0.3) is 11.0 Å². The van der Waals surface area contributed by atoms with Gasteiger partial charge in [0.1, 0.15) is 11.8 Å². The van der Waals surface area contributed by atoms with Crippen LogP contribution in [0.1, 0.15) is 31.2 Å². The highest BCUT2D eigenvalue weighted by Gasteiger charge is 2.34. The van der Waals surface area contributed by atoms with Crippen molar-refractivity contribution < 1.29 is 27.8 Å². The standard InChI is InChI=1S/C24H28F3N7O4/c1-32-12-13(24(25,26)27)9-17(22(32)36)29-23(37)33(2)14-5-7-34(8-6-14)15-10-16-20(28-11-15)30-31-21(16)38-19-4-3-18(19)35/h9-12,14,18-19,35H,3-8H2,1-2H3,(H,29,37)(H,28,30,31)/t18-,19-/m0/s1. The summed E-state index contributed by atoms with van der Waals surface area (Å²) in [6, 6.07) is 1.75. The predicted molar refractivity (Wildman–Crippen MR) is 132 cm³/mol. The first kappa shape index (κ1) is 25.8. The van der Waals surface area contributed by atoms with Crippen LogP contribution in [0.2, 0.25) is 0 Å². The van der Waals surface area contributed by atoms with Crippen molar-refractivity contribution in [3.63, 3.8) is 0 Å². The average Bonchev–Trinajstić information content (AvgIpc) is 3.29. The molecule has 0 radical (unpaired) electrons. The SMILES string of the molecule is CN(C(=O)Nc1cc(C(F)(F)F)cn(C)c1=O)C1CCN(c2cnc3[nH]nc(O[C@H]4CC[C@@H]4O)c3c2)CC1. The van der Waals surface area contributed by atoms with Crippen molar-refractivity contribution >= 4 is 28.4 Å². The summed E-state index contributed by atoms with van der Waals surface area (Å²) in [5.41, 5.74) is -0.748. The number of pyridine rings is 2. The number of rotatable bonds is 5. The Morgan fingerprint density at radius 2 is 1.97 bits per heavy atom. The molecule has 4 heterocycles. The van der Waals surface area contributed by atoms with Crippen molar-refractivity contribution in [1.29, 1.82) is 0 Å². The van der Waals surface area contributed by atoms with Crippen molar-refractivity contribution in [2.45, 2.75) is 50.1 Å². The fourth-order valence-electron chi connectivity index (χ4n) is 4.70. The van der Waals surface area contributed by atoms with E-state index in [-0.39, 0.29) is 12.1 Å². The first-order chi connectivity index (χ1) is 18.0. The molecule has 1 aliphatic carbocycles. The number of halogens is 3. The average molecular weight is 536 g/mol. The van der Waals surface area contributed by atoms with Crippen molar-refractivity contribution in [3.05, 3.63) is 40.4 Å². The van der Waals surface area contributed by atoms with E-state index in [0.29, 0.717) is 61.5 Å². The number of fused-ring (bicyclic) bond motifs is 1. The van der Waals surface area contributed by atoms with E-state index in [1.54, 1.807) is 13.2 Å². The number of aliphatic hydroxyl groups excluding tert-OH is 1. The molecule has 14 heteroatoms. The minimum absolute atomic E-state index is 0.175. The highest BCUT2D eigenvalue weighted by atomic mass is 19.4. The van der Waals surface area contributed by atoms with E-state index in [9.17, 15) is 27.9 Å². The van der Waals surface area contributed by atoms with Gasteiger partial charge in [-0.05, 0) is 37.8 Å². The second kappa shape index (κ2) is 9.82. The first-order valence-electron chi connectivity index (χ1n) is 12.3. The summed E-state index contributed by atoms with van der Waals surface area (Å²) in [7, 11) is 2.76. The molecule has 0 unspecified atom stereocenters. The van der Waals surface area contributed by atoms with Gasteiger partial charge >= 0.3 is 12.2 Å². The third-order valence-corrected chi connectivity index (χ3v) is 7.26. The number of ether oxygens (including phenoxy) is 1. The second-order valence-corrected chi connectivity index (χ2v) is 9.73. The van der Waals surface area contributed by atoms with Crippen LogP contribution in [-0.4, -0.2) is 74.2 Å². The molecule has 2 aliphatic rings. The largest absolute Gasteiger partial charge is 0.470 e. The molecular weight excluding hydrogens is 507 g/mol. The molecule has 1 aliphatic heterocycles. The summed E-state index contributed by atoms with van der Waals surface area (Å²) in [4.78, 5) is 33.1. The maximum Gasteiger partial charge on any atom is 0.417 e. The molecule has 38 heavy (non-hydrogen) atoms. The van der Waals surface area contributed by atoms with E-state index >= 15 is 0 Å². The number of nitrogens with zero attached hydrogens (tertiary/aromatic N) is 5. The Kier molecular flexibility index (Phi) is 6.67. The number of carbonyl (C=O) groups is 1. The zero-order valence-corrected chi connectivity index (χ0v) is 20.8. The minimum Gasteiger partial charge on any atom is -0.470 e. The lowest BCUT2D eigenvalue weighted by Crippen LogP contribution is -2.47. The van der Waals surface area contributed by atoms with Gasteiger partial charge in [0.25, 0.3) is 5.56 Å². The van der Waals surface area contributed by atoms with Crippen LogP contribution in [-0.2, 0) is 13.2 Å². The molecule has 5 rings (SSSR count). The molecule has 204 valence electrons. The number of urea groups is 1. The number of hydrogen-bond donors (Lipinski definition) is 3. The fourth-order valence-corrected chi connectivity index (χ4v) is 4.70. The Balaban J connectivity index is 1.22. The highest BCUT2D eigenvalue weighted by Crippen LogP contribution is 2.32. The van der Waals surface area contributed by atoms with Gasteiger partial charge in [-0.1, -0.05) is 0 Å². The molecule has 1 saturated heterocycles. The number of H-pyrrole nitrogens is 1. The fraction of sp³-hybridized carbons (Fsp3) is 0.500. The summed E-state index contributed by atoms with van der Waals surface area (Å²) < 4.78 is 46.1. The molecule has 3 aromatic heterocycles. The van der Waals surface area contributed by atoms with Crippen molar-refractivity contribution in [2.24, 2.45) is 7.05 Å². The van der Waals surface area contributed by atoms with E-state index in [1.807, 2.05) is 6.07 Å². The number of piperidine rings is 1. The van der Waals surface area contributed by atoms with Crippen LogP contribution in [0.5, 0.6) is 5.88 Å². The summed E-state index contributed by atoms with van der Waals surface area (Å²) in [6.07, 6.45) is -0.336. The summed E-state index contributed by atoms with van der Waals surface area (Å²) >= 11 is 0. The number of aromatic nitrogens is 4. The molecular formula is C24H28F3N7O4. The summed E-state index contributed by atoms with van der Waals surface area (Å²) in [5, 5.41) is 19.9. The van der Waals surface area contributed by atoms with Crippen molar-refractivity contribution in [1.82, 2.24) is 24.6 Å². The van der Waals surface area contributed by atoms with Gasteiger partial charge in [-0.15, -0.1) is 5.10 Å². The third-order valence-electron chi connectivity index (χ3n) is 7.26. The Labute approximate surface area is 215 Å². The minimum atomic E-state index is -4.65. The van der Waals surface area contributed by atoms with Gasteiger partial charge in [-0.25, -0.2) is 9.78 Å². The number of carbonyl (C=O) groups excluding carboxylic acids is 1. The van der Waals surface area contributed by atoms with Crippen LogP contribution in [0, 0.1) is 0 Å². The maximum atomic E-state index is 13.2. The zero-order chi connectivity index (χ0) is 27.2. The molecule has 1 saturated carbocycles. The summed E-state index contributed by atoms with van der Waals surface area (Å²) in [5.74, 6) is 0.394. The monoisotopic (exact) mass is 535 g/mol. The highest BCUT2D eigenvalue weighted by molar-refractivity contribution is 5.89. The van der Waals surface area contributed by atoms with Gasteiger partial charge in [-0.3, -0.25) is 9.89 Å². The number of anilines is 2. The predicted octanol–water partition coefficient (Wildman–Crippen LogP) is 2.71. The second-order valence-electron chi connectivity index (χ2n) is 9.73. The molecule has 3 N–H and O–H groups in total. The molecule has 3 aromatic rings. The topological polar surface area (TPSA) is 129 Å². The van der Waals surface area contributed by atoms with Crippen molar-refractivity contribution in [2.75, 3.05) is 30.4 Å². The van der Waals surface area contributed by atoms with Gasteiger partial charge in [0.2, 0.25) is 5.88 Å². The van der Waals surface area contributed by atoms with Gasteiger partial charge in [0, 0.05) is 39.4 Å². The molecule has 2 amide bonds. The number of hydrogen-bond acceptors (Lipinski definition) is 7. The van der Waals surface area contributed by atoms with Gasteiger partial charge in [-0.2, -0.15) is 13.2 Å². The quantitative estimate of drug-likeness (QED) is 0.458. The molecule has 11 nitrogen and oxygen atoms in total. The maximum absolute atomic E-state index is 13.2. The van der Waals surface area contributed by atoms with Crippen molar-refractivity contribution in [3.8, 4) is 5.88 Å². The Morgan fingerprint density at radius 3 is 2.61 bits per heavy atom. The molecule has 0 spiro atoms. The van der Waals surface area contributed by atoms with Gasteiger partial charge < -0.3 is 29.5 Å². The van der Waals surface area contributed by atoms with Crippen LogP contribution in [0.3, 0.4) is 0 Å². The molecule has 0 aromatic carbocycles. The number of aromatic amines is 1. The molecule has 2 atom stereocenters. The van der Waals surface area contributed by atoms with Crippen LogP contribution < -0.4 is 20.5 Å². The first-order valence-corrected chi connectivity index (χ1v) is 12.3. The van der Waals surface area contributed by atoms with Crippen LogP contribution in [0.15, 0.2) is 29.3 Å². The Morgan fingerprint density at radius 1 is 1.24 bits per heavy atom. The number of amides is 2. The van der Waals surface area contributed by atoms with Crippen LogP contribution >= 0.6 is 0 Å². The number of aliphatic hydroxyl groups is 1. The third kappa shape index (κ3) is 4.99. The smallest absolute Gasteiger partial charge is 0.417 e. The van der Waals surface area contributed by atoms with E-state index in [1.165, 1.54) is 11.9 Å². The van der Waals surface area contributed by atoms with Gasteiger partial charge in [0.15, 0.2) is 5.65 Å². The van der Waals surface area contributed by atoms with E-state index < -0.39 is 35.1 Å². The summed E-state index contributed by atoms with van der Waals surface area (Å²) in [6.45, 7) is 1.21. The normalized spacial score (nSPS) is 20.3.